The van der Waals surface area contributed by atoms with Gasteiger partial charge in [-0.2, -0.15) is 0 Å². The summed E-state index contributed by atoms with van der Waals surface area (Å²) in [6.45, 7) is 0. The standard InChI is InChI=1S/C15H12N4O/c16-12-4-6-14(18-9-12)19-15(20)11-3-5-13-10(8-11)2-1-7-17-13/h1-9H,16H2,(H,18,19,20). The van der Waals surface area contributed by atoms with Crippen LogP contribution in [0, 0.1) is 0 Å². The summed E-state index contributed by atoms with van der Waals surface area (Å²) in [7, 11) is 0. The summed E-state index contributed by atoms with van der Waals surface area (Å²) in [5, 5.41) is 3.65. The SMILES string of the molecule is Nc1ccc(NC(=O)c2ccc3ncccc3c2)nc1. The lowest BCUT2D eigenvalue weighted by atomic mass is 10.1. The summed E-state index contributed by atoms with van der Waals surface area (Å²) < 4.78 is 0. The maximum absolute atomic E-state index is 12.1. The fourth-order valence-corrected chi connectivity index (χ4v) is 1.88. The van der Waals surface area contributed by atoms with Gasteiger partial charge in [0, 0.05) is 17.1 Å². The fraction of sp³-hybridized carbons (Fsp3) is 0. The van der Waals surface area contributed by atoms with Crippen molar-refractivity contribution in [2.75, 3.05) is 11.1 Å². The van der Waals surface area contributed by atoms with Crippen LogP contribution in [0.2, 0.25) is 0 Å². The van der Waals surface area contributed by atoms with Crippen molar-refractivity contribution in [1.82, 2.24) is 9.97 Å². The van der Waals surface area contributed by atoms with E-state index in [1.54, 1.807) is 30.5 Å². The number of aromatic nitrogens is 2. The molecule has 1 amide bonds. The number of nitrogen functional groups attached to an aromatic ring is 1. The van der Waals surface area contributed by atoms with E-state index in [4.69, 9.17) is 5.73 Å². The molecule has 0 bridgehead atoms. The Hall–Kier alpha value is -2.95. The first-order chi connectivity index (χ1) is 9.72. The second-order valence-electron chi connectivity index (χ2n) is 4.34. The van der Waals surface area contributed by atoms with Gasteiger partial charge in [-0.15, -0.1) is 0 Å². The number of benzene rings is 1. The Balaban J connectivity index is 1.86. The van der Waals surface area contributed by atoms with Crippen LogP contribution in [-0.2, 0) is 0 Å². The predicted molar refractivity (Wildman–Crippen MR) is 78.3 cm³/mol. The first-order valence-electron chi connectivity index (χ1n) is 6.10. The van der Waals surface area contributed by atoms with Crippen LogP contribution in [0.1, 0.15) is 10.4 Å². The average Bonchev–Trinajstić information content (AvgIpc) is 2.49. The molecule has 2 aromatic heterocycles. The maximum atomic E-state index is 12.1. The molecule has 0 saturated carbocycles. The van der Waals surface area contributed by atoms with Crippen molar-refractivity contribution in [3.8, 4) is 0 Å². The van der Waals surface area contributed by atoms with E-state index in [0.29, 0.717) is 17.1 Å². The number of anilines is 2. The lowest BCUT2D eigenvalue weighted by Gasteiger charge is -2.05. The number of pyridine rings is 2. The molecule has 0 aliphatic rings. The van der Waals surface area contributed by atoms with Crippen molar-refractivity contribution in [1.29, 1.82) is 0 Å². The summed E-state index contributed by atoms with van der Waals surface area (Å²) in [5.74, 6) is 0.253. The molecule has 0 saturated heterocycles. The van der Waals surface area contributed by atoms with Gasteiger partial charge >= 0.3 is 0 Å². The van der Waals surface area contributed by atoms with Crippen molar-refractivity contribution in [2.24, 2.45) is 0 Å². The van der Waals surface area contributed by atoms with Crippen LogP contribution in [0.5, 0.6) is 0 Å². The van der Waals surface area contributed by atoms with Crippen LogP contribution in [0.3, 0.4) is 0 Å². The quantitative estimate of drug-likeness (QED) is 0.745. The molecule has 5 heteroatoms. The highest BCUT2D eigenvalue weighted by atomic mass is 16.1. The van der Waals surface area contributed by atoms with Gasteiger partial charge in [0.15, 0.2) is 0 Å². The molecule has 0 aliphatic carbocycles. The maximum Gasteiger partial charge on any atom is 0.256 e. The van der Waals surface area contributed by atoms with E-state index < -0.39 is 0 Å². The Kier molecular flexibility index (Phi) is 3.01. The van der Waals surface area contributed by atoms with Crippen LogP contribution in [0.4, 0.5) is 11.5 Å². The number of nitrogens with zero attached hydrogens (tertiary/aromatic N) is 2. The van der Waals surface area contributed by atoms with Crippen molar-refractivity contribution in [3.05, 3.63) is 60.4 Å². The Bertz CT molecular complexity index is 768. The van der Waals surface area contributed by atoms with Crippen LogP contribution < -0.4 is 11.1 Å². The van der Waals surface area contributed by atoms with Gasteiger partial charge in [0.2, 0.25) is 0 Å². The van der Waals surface area contributed by atoms with E-state index in [0.717, 1.165) is 10.9 Å². The molecule has 0 atom stereocenters. The Labute approximate surface area is 115 Å². The van der Waals surface area contributed by atoms with Gasteiger partial charge in [-0.3, -0.25) is 9.78 Å². The van der Waals surface area contributed by atoms with Crippen molar-refractivity contribution >= 4 is 28.3 Å². The number of rotatable bonds is 2. The summed E-state index contributed by atoms with van der Waals surface area (Å²) >= 11 is 0. The molecule has 5 nitrogen and oxygen atoms in total. The summed E-state index contributed by atoms with van der Waals surface area (Å²) in [6.07, 6.45) is 3.22. The molecular weight excluding hydrogens is 252 g/mol. The van der Waals surface area contributed by atoms with Crippen LogP contribution in [0.25, 0.3) is 10.9 Å². The van der Waals surface area contributed by atoms with E-state index in [2.05, 4.69) is 15.3 Å². The molecule has 2 heterocycles. The Morgan fingerprint density at radius 3 is 2.80 bits per heavy atom. The van der Waals surface area contributed by atoms with Gasteiger partial charge in [0.05, 0.1) is 17.4 Å². The van der Waals surface area contributed by atoms with Crippen molar-refractivity contribution in [2.45, 2.75) is 0 Å². The third-order valence-electron chi connectivity index (χ3n) is 2.89. The molecule has 1 aromatic carbocycles. The Morgan fingerprint density at radius 1 is 1.10 bits per heavy atom. The molecular formula is C15H12N4O. The molecule has 3 N–H and O–H groups in total. The minimum atomic E-state index is -0.215. The number of fused-ring (bicyclic) bond motifs is 1. The fourth-order valence-electron chi connectivity index (χ4n) is 1.88. The second kappa shape index (κ2) is 4.97. The molecule has 0 unspecified atom stereocenters. The lowest BCUT2D eigenvalue weighted by Crippen LogP contribution is -2.12. The highest BCUT2D eigenvalue weighted by molar-refractivity contribution is 6.05. The highest BCUT2D eigenvalue weighted by Crippen LogP contribution is 2.15. The smallest absolute Gasteiger partial charge is 0.256 e. The first kappa shape index (κ1) is 12.1. The largest absolute Gasteiger partial charge is 0.397 e. The predicted octanol–water partition coefficient (Wildman–Crippen LogP) is 2.46. The zero-order valence-corrected chi connectivity index (χ0v) is 10.6. The summed E-state index contributed by atoms with van der Waals surface area (Å²) in [6, 6.07) is 12.5. The summed E-state index contributed by atoms with van der Waals surface area (Å²) in [5.41, 5.74) is 7.52. The summed E-state index contributed by atoms with van der Waals surface area (Å²) in [4.78, 5) is 20.4. The average molecular weight is 264 g/mol. The number of carbonyl (C=O) groups is 1. The molecule has 3 aromatic rings. The van der Waals surface area contributed by atoms with Crippen molar-refractivity contribution in [3.63, 3.8) is 0 Å². The van der Waals surface area contributed by atoms with Crippen molar-refractivity contribution < 1.29 is 4.79 Å². The molecule has 0 aliphatic heterocycles. The van der Waals surface area contributed by atoms with E-state index in [1.165, 1.54) is 6.20 Å². The molecule has 0 spiro atoms. The molecule has 0 radical (unpaired) electrons. The van der Waals surface area contributed by atoms with E-state index in [-0.39, 0.29) is 5.91 Å². The van der Waals surface area contributed by atoms with Gasteiger partial charge in [0.25, 0.3) is 5.91 Å². The van der Waals surface area contributed by atoms with Crippen LogP contribution in [-0.4, -0.2) is 15.9 Å². The van der Waals surface area contributed by atoms with Gasteiger partial charge in [-0.25, -0.2) is 4.98 Å². The zero-order chi connectivity index (χ0) is 13.9. The topological polar surface area (TPSA) is 80.9 Å². The third kappa shape index (κ3) is 2.42. The number of nitrogens with one attached hydrogen (secondary N) is 1. The van der Waals surface area contributed by atoms with Gasteiger partial charge in [-0.05, 0) is 36.4 Å². The van der Waals surface area contributed by atoms with Gasteiger partial charge in [0.1, 0.15) is 5.82 Å². The number of amides is 1. The van der Waals surface area contributed by atoms with Gasteiger partial charge < -0.3 is 11.1 Å². The Morgan fingerprint density at radius 2 is 2.00 bits per heavy atom. The number of carbonyl (C=O) groups excluding carboxylic acids is 1. The lowest BCUT2D eigenvalue weighted by molar-refractivity contribution is 0.102. The zero-order valence-electron chi connectivity index (χ0n) is 10.6. The third-order valence-corrected chi connectivity index (χ3v) is 2.89. The number of hydrogen-bond donors (Lipinski definition) is 2. The second-order valence-corrected chi connectivity index (χ2v) is 4.34. The van der Waals surface area contributed by atoms with E-state index >= 15 is 0 Å². The molecule has 20 heavy (non-hydrogen) atoms. The monoisotopic (exact) mass is 264 g/mol. The normalized spacial score (nSPS) is 10.4. The minimum absolute atomic E-state index is 0.215. The molecule has 3 rings (SSSR count). The highest BCUT2D eigenvalue weighted by Gasteiger charge is 2.07. The van der Waals surface area contributed by atoms with Gasteiger partial charge in [-0.1, -0.05) is 6.07 Å². The molecule has 0 fully saturated rings. The van der Waals surface area contributed by atoms with E-state index in [1.807, 2.05) is 18.2 Å². The number of hydrogen-bond acceptors (Lipinski definition) is 4. The number of nitrogens with two attached hydrogens (primary N) is 1. The molecule has 98 valence electrons. The van der Waals surface area contributed by atoms with E-state index in [9.17, 15) is 4.79 Å². The van der Waals surface area contributed by atoms with Crippen LogP contribution >= 0.6 is 0 Å². The first-order valence-corrected chi connectivity index (χ1v) is 6.10. The minimum Gasteiger partial charge on any atom is -0.397 e. The van der Waals surface area contributed by atoms with Crippen LogP contribution in [0.15, 0.2) is 54.9 Å².